The second-order valence-corrected chi connectivity index (χ2v) is 7.92. The smallest absolute Gasteiger partial charge is 0.343 e. The van der Waals surface area contributed by atoms with E-state index < -0.39 is 5.97 Å². The lowest BCUT2D eigenvalue weighted by Crippen LogP contribution is -2.40. The Morgan fingerprint density at radius 1 is 1.06 bits per heavy atom. The van der Waals surface area contributed by atoms with Gasteiger partial charge in [0.05, 0.1) is 18.4 Å². The van der Waals surface area contributed by atoms with Gasteiger partial charge in [-0.1, -0.05) is 26.2 Å². The molecule has 0 atom stereocenters. The third-order valence-corrected chi connectivity index (χ3v) is 5.18. The maximum absolute atomic E-state index is 12.3. The molecule has 0 bridgehead atoms. The van der Waals surface area contributed by atoms with Crippen LogP contribution in [0.2, 0.25) is 0 Å². The predicted octanol–water partition coefficient (Wildman–Crippen LogP) is 4.83. The maximum atomic E-state index is 12.3. The number of carbonyl (C=O) groups excluding carboxylic acids is 1. The Labute approximate surface area is 189 Å². The molecule has 2 aromatic rings. The fraction of sp³-hybridized carbons (Fsp3) is 0.375. The predicted molar refractivity (Wildman–Crippen MR) is 127 cm³/mol. The summed E-state index contributed by atoms with van der Waals surface area (Å²) in [5.41, 5.74) is 4.19. The monoisotopic (exact) mass is 439 g/mol. The highest BCUT2D eigenvalue weighted by Gasteiger charge is 2.13. The molecular formula is C24H29N3O3S. The maximum Gasteiger partial charge on any atom is 0.343 e. The first kappa shape index (κ1) is 22.7. The largest absolute Gasteiger partial charge is 0.494 e. The molecule has 0 unspecified atom stereocenters. The third kappa shape index (κ3) is 7.68. The number of thiocarbonyl (C=S) groups is 1. The number of nitrogens with zero attached hydrogens (tertiary/aromatic N) is 1. The highest BCUT2D eigenvalue weighted by atomic mass is 32.1. The summed E-state index contributed by atoms with van der Waals surface area (Å²) >= 11 is 5.29. The minimum absolute atomic E-state index is 0.413. The van der Waals surface area contributed by atoms with Crippen molar-refractivity contribution in [2.45, 2.75) is 51.5 Å². The van der Waals surface area contributed by atoms with Gasteiger partial charge in [0.25, 0.3) is 0 Å². The number of esters is 1. The van der Waals surface area contributed by atoms with E-state index in [2.05, 4.69) is 15.8 Å². The van der Waals surface area contributed by atoms with E-state index in [9.17, 15) is 4.79 Å². The minimum Gasteiger partial charge on any atom is -0.494 e. The van der Waals surface area contributed by atoms with Crippen LogP contribution >= 0.6 is 12.2 Å². The topological polar surface area (TPSA) is 72.0 Å². The fourth-order valence-corrected chi connectivity index (χ4v) is 3.54. The van der Waals surface area contributed by atoms with Crippen molar-refractivity contribution in [1.29, 1.82) is 0 Å². The number of hydrogen-bond acceptors (Lipinski definition) is 5. The van der Waals surface area contributed by atoms with Crippen LogP contribution in [0.4, 0.5) is 0 Å². The van der Waals surface area contributed by atoms with Crippen molar-refractivity contribution in [3.63, 3.8) is 0 Å². The fourth-order valence-electron chi connectivity index (χ4n) is 3.33. The lowest BCUT2D eigenvalue weighted by molar-refractivity contribution is 0.0734. The van der Waals surface area contributed by atoms with Crippen LogP contribution < -0.4 is 20.2 Å². The average Bonchev–Trinajstić information content (AvgIpc) is 2.80. The van der Waals surface area contributed by atoms with Gasteiger partial charge in [-0.05, 0) is 85.6 Å². The third-order valence-electron chi connectivity index (χ3n) is 4.97. The summed E-state index contributed by atoms with van der Waals surface area (Å²) in [6.07, 6.45) is 8.73. The molecule has 1 saturated carbocycles. The number of nitrogens with one attached hydrogen (secondary N) is 2. The molecule has 0 radical (unpaired) electrons. The molecule has 2 N–H and O–H groups in total. The van der Waals surface area contributed by atoms with Gasteiger partial charge in [0.2, 0.25) is 0 Å². The second-order valence-electron chi connectivity index (χ2n) is 7.51. The molecule has 7 heteroatoms. The molecule has 0 saturated heterocycles. The van der Waals surface area contributed by atoms with Crippen LogP contribution in [0.1, 0.15) is 61.4 Å². The Bertz CT molecular complexity index is 876. The second kappa shape index (κ2) is 12.1. The van der Waals surface area contributed by atoms with Gasteiger partial charge in [-0.3, -0.25) is 5.43 Å². The molecule has 1 fully saturated rings. The molecule has 6 nitrogen and oxygen atoms in total. The Balaban J connectivity index is 1.45. The van der Waals surface area contributed by atoms with E-state index in [1.54, 1.807) is 42.6 Å². The Hall–Kier alpha value is -2.93. The van der Waals surface area contributed by atoms with E-state index in [0.717, 1.165) is 30.6 Å². The summed E-state index contributed by atoms with van der Waals surface area (Å²) in [5, 5.41) is 8.02. The van der Waals surface area contributed by atoms with Crippen LogP contribution in [0.5, 0.6) is 11.5 Å². The minimum atomic E-state index is -0.413. The number of hydrazone groups is 1. The molecular weight excluding hydrogens is 410 g/mol. The molecule has 3 rings (SSSR count). The van der Waals surface area contributed by atoms with Gasteiger partial charge in [-0.15, -0.1) is 0 Å². The first-order valence-electron chi connectivity index (χ1n) is 10.8. The van der Waals surface area contributed by atoms with Crippen LogP contribution in [0.15, 0.2) is 53.6 Å². The first-order chi connectivity index (χ1) is 15.1. The summed E-state index contributed by atoms with van der Waals surface area (Å²) in [6, 6.07) is 14.5. The summed E-state index contributed by atoms with van der Waals surface area (Å²) < 4.78 is 11.0. The Morgan fingerprint density at radius 2 is 1.74 bits per heavy atom. The van der Waals surface area contributed by atoms with Gasteiger partial charge in [-0.25, -0.2) is 4.79 Å². The lowest BCUT2D eigenvalue weighted by Gasteiger charge is -2.23. The van der Waals surface area contributed by atoms with Crippen LogP contribution in [0.3, 0.4) is 0 Å². The SMILES string of the molecule is CCCOc1ccc(C(=O)Oc2ccc(/C=N\NC(=S)NC3CCCCC3)cc2)cc1. The van der Waals surface area contributed by atoms with Crippen LogP contribution in [-0.4, -0.2) is 29.9 Å². The average molecular weight is 440 g/mol. The summed E-state index contributed by atoms with van der Waals surface area (Å²) in [4.78, 5) is 12.3. The normalized spacial score (nSPS) is 14.2. The van der Waals surface area contributed by atoms with Crippen molar-refractivity contribution in [3.05, 3.63) is 59.7 Å². The van der Waals surface area contributed by atoms with Gasteiger partial charge in [0, 0.05) is 6.04 Å². The summed E-state index contributed by atoms with van der Waals surface area (Å²) in [7, 11) is 0. The molecule has 0 aliphatic heterocycles. The first-order valence-corrected chi connectivity index (χ1v) is 11.2. The van der Waals surface area contributed by atoms with Gasteiger partial charge in [0.1, 0.15) is 11.5 Å². The van der Waals surface area contributed by atoms with E-state index >= 15 is 0 Å². The Kier molecular flexibility index (Phi) is 8.84. The van der Waals surface area contributed by atoms with Crippen molar-refractivity contribution in [2.75, 3.05) is 6.61 Å². The Morgan fingerprint density at radius 3 is 2.42 bits per heavy atom. The molecule has 0 aromatic heterocycles. The zero-order chi connectivity index (χ0) is 21.9. The molecule has 0 spiro atoms. The van der Waals surface area contributed by atoms with Crippen molar-refractivity contribution in [2.24, 2.45) is 5.10 Å². The number of ether oxygens (including phenoxy) is 2. The van der Waals surface area contributed by atoms with E-state index in [1.165, 1.54) is 19.3 Å². The van der Waals surface area contributed by atoms with E-state index in [0.29, 0.717) is 29.1 Å². The lowest BCUT2D eigenvalue weighted by atomic mass is 9.96. The highest BCUT2D eigenvalue weighted by molar-refractivity contribution is 7.80. The van der Waals surface area contributed by atoms with Crippen LogP contribution in [0, 0.1) is 0 Å². The van der Waals surface area contributed by atoms with Gasteiger partial charge in [-0.2, -0.15) is 5.10 Å². The van der Waals surface area contributed by atoms with Crippen LogP contribution in [-0.2, 0) is 0 Å². The van der Waals surface area contributed by atoms with E-state index in [1.807, 2.05) is 19.1 Å². The van der Waals surface area contributed by atoms with Crippen molar-refractivity contribution < 1.29 is 14.3 Å². The van der Waals surface area contributed by atoms with Crippen LogP contribution in [0.25, 0.3) is 0 Å². The molecule has 164 valence electrons. The summed E-state index contributed by atoms with van der Waals surface area (Å²) in [5.74, 6) is 0.796. The zero-order valence-corrected chi connectivity index (χ0v) is 18.6. The van der Waals surface area contributed by atoms with Crippen molar-refractivity contribution in [3.8, 4) is 11.5 Å². The van der Waals surface area contributed by atoms with E-state index in [-0.39, 0.29) is 0 Å². The standard InChI is InChI=1S/C24H29N3O3S/c1-2-16-29-21-14-10-19(11-15-21)23(28)30-22-12-8-18(9-13-22)17-25-27-24(31)26-20-6-4-3-5-7-20/h8-15,17,20H,2-7,16H2,1H3,(H2,26,27,31)/b25-17-. The van der Waals surface area contributed by atoms with Gasteiger partial charge >= 0.3 is 5.97 Å². The van der Waals surface area contributed by atoms with Gasteiger partial charge < -0.3 is 14.8 Å². The number of benzene rings is 2. The van der Waals surface area contributed by atoms with Crippen molar-refractivity contribution >= 4 is 29.5 Å². The molecule has 0 heterocycles. The van der Waals surface area contributed by atoms with Gasteiger partial charge in [0.15, 0.2) is 5.11 Å². The molecule has 2 aromatic carbocycles. The zero-order valence-electron chi connectivity index (χ0n) is 17.8. The van der Waals surface area contributed by atoms with Crippen molar-refractivity contribution in [1.82, 2.24) is 10.7 Å². The number of carbonyl (C=O) groups is 1. The number of rotatable bonds is 8. The summed E-state index contributed by atoms with van der Waals surface area (Å²) in [6.45, 7) is 2.70. The molecule has 31 heavy (non-hydrogen) atoms. The number of hydrogen-bond donors (Lipinski definition) is 2. The molecule has 0 amide bonds. The highest BCUT2D eigenvalue weighted by Crippen LogP contribution is 2.18. The van der Waals surface area contributed by atoms with E-state index in [4.69, 9.17) is 21.7 Å². The molecule has 1 aliphatic carbocycles. The quantitative estimate of drug-likeness (QED) is 0.202. The molecule has 1 aliphatic rings.